The molecule has 3 heterocycles. The number of nitrogens with one attached hydrogen (secondary N) is 1. The summed E-state index contributed by atoms with van der Waals surface area (Å²) in [7, 11) is 0. The number of aryl methyl sites for hydroxylation is 2. The van der Waals surface area contributed by atoms with Gasteiger partial charge in [-0.05, 0) is 37.4 Å². The topological polar surface area (TPSA) is 76.7 Å². The van der Waals surface area contributed by atoms with E-state index in [1.807, 2.05) is 37.4 Å². The second-order valence-corrected chi connectivity index (χ2v) is 5.21. The van der Waals surface area contributed by atoms with Crippen LogP contribution in [0.4, 0.5) is 5.82 Å². The molecule has 0 aliphatic heterocycles. The van der Waals surface area contributed by atoms with E-state index in [9.17, 15) is 0 Å². The normalized spacial score (nSPS) is 10.9. The number of hydrazine groups is 1. The quantitative estimate of drug-likeness (QED) is 0.553. The molecule has 3 aromatic rings. The zero-order valence-electron chi connectivity index (χ0n) is 10.6. The Balaban J connectivity index is 2.24. The van der Waals surface area contributed by atoms with Gasteiger partial charge in [-0.15, -0.1) is 11.3 Å². The van der Waals surface area contributed by atoms with Crippen molar-refractivity contribution in [1.29, 1.82) is 0 Å². The van der Waals surface area contributed by atoms with E-state index >= 15 is 0 Å². The number of nitrogens with two attached hydrogens (primary N) is 1. The summed E-state index contributed by atoms with van der Waals surface area (Å²) in [4.78, 5) is 14.3. The fourth-order valence-corrected chi connectivity index (χ4v) is 2.82. The Morgan fingerprint density at radius 1 is 1.11 bits per heavy atom. The highest BCUT2D eigenvalue weighted by Crippen LogP contribution is 2.28. The molecule has 3 N–H and O–H groups in total. The van der Waals surface area contributed by atoms with E-state index in [1.54, 1.807) is 11.3 Å². The molecule has 0 atom stereocenters. The second kappa shape index (κ2) is 4.56. The molecule has 96 valence electrons. The molecule has 0 aliphatic carbocycles. The summed E-state index contributed by atoms with van der Waals surface area (Å²) in [6, 6.07) is 5.91. The number of hydrogen-bond acceptors (Lipinski definition) is 6. The molecule has 5 nitrogen and oxygen atoms in total. The average Bonchev–Trinajstić information content (AvgIpc) is 2.84. The molecule has 0 bridgehead atoms. The maximum atomic E-state index is 5.53. The van der Waals surface area contributed by atoms with E-state index in [0.717, 1.165) is 27.2 Å². The number of anilines is 1. The summed E-state index contributed by atoms with van der Waals surface area (Å²) in [5, 5.41) is 2.92. The van der Waals surface area contributed by atoms with Gasteiger partial charge in [-0.25, -0.2) is 15.8 Å². The van der Waals surface area contributed by atoms with Crippen molar-refractivity contribution in [3.05, 3.63) is 35.0 Å². The second-order valence-electron chi connectivity index (χ2n) is 4.32. The summed E-state index contributed by atoms with van der Waals surface area (Å²) in [5.74, 6) is 6.84. The number of hydrogen-bond donors (Lipinski definition) is 2. The predicted octanol–water partition coefficient (Wildman–Crippen LogP) is 2.66. The van der Waals surface area contributed by atoms with Gasteiger partial charge in [0.2, 0.25) is 0 Å². The first-order valence-corrected chi connectivity index (χ1v) is 6.73. The Labute approximate surface area is 114 Å². The van der Waals surface area contributed by atoms with Gasteiger partial charge in [0, 0.05) is 17.0 Å². The van der Waals surface area contributed by atoms with Crippen molar-refractivity contribution in [1.82, 2.24) is 15.0 Å². The van der Waals surface area contributed by atoms with Crippen molar-refractivity contribution in [3.8, 4) is 11.4 Å². The molecule has 19 heavy (non-hydrogen) atoms. The number of fused-ring (bicyclic) bond motifs is 1. The van der Waals surface area contributed by atoms with Gasteiger partial charge < -0.3 is 5.43 Å². The van der Waals surface area contributed by atoms with E-state index in [1.165, 1.54) is 0 Å². The van der Waals surface area contributed by atoms with Crippen LogP contribution in [0, 0.1) is 13.8 Å². The van der Waals surface area contributed by atoms with Crippen molar-refractivity contribution < 1.29 is 0 Å². The highest BCUT2D eigenvalue weighted by atomic mass is 32.1. The zero-order chi connectivity index (χ0) is 13.4. The molecule has 0 amide bonds. The van der Waals surface area contributed by atoms with Crippen LogP contribution in [0.5, 0.6) is 0 Å². The molecular weight excluding hydrogens is 258 g/mol. The number of aromatic nitrogens is 3. The van der Waals surface area contributed by atoms with Crippen LogP contribution >= 0.6 is 11.3 Å². The van der Waals surface area contributed by atoms with Crippen LogP contribution in [0.3, 0.4) is 0 Å². The van der Waals surface area contributed by atoms with E-state index in [4.69, 9.17) is 5.84 Å². The third kappa shape index (κ3) is 2.16. The standard InChI is InChI=1S/C13H13N5S/c1-7-5-9(6-8(2)15-7)11-16-12(18-14)10-3-4-19-13(10)17-11/h3-6H,14H2,1-2H3,(H,16,17,18). The minimum Gasteiger partial charge on any atom is -0.308 e. The molecule has 0 saturated carbocycles. The average molecular weight is 271 g/mol. The largest absolute Gasteiger partial charge is 0.308 e. The van der Waals surface area contributed by atoms with Crippen LogP contribution in [0.25, 0.3) is 21.6 Å². The van der Waals surface area contributed by atoms with Crippen molar-refractivity contribution in [2.75, 3.05) is 5.43 Å². The Hall–Kier alpha value is -2.05. The highest BCUT2D eigenvalue weighted by Gasteiger charge is 2.10. The van der Waals surface area contributed by atoms with Gasteiger partial charge in [-0.2, -0.15) is 0 Å². The van der Waals surface area contributed by atoms with Crippen molar-refractivity contribution in [2.24, 2.45) is 5.84 Å². The molecule has 0 radical (unpaired) electrons. The lowest BCUT2D eigenvalue weighted by molar-refractivity contribution is 1.11. The Morgan fingerprint density at radius 2 is 1.84 bits per heavy atom. The molecule has 0 aliphatic rings. The van der Waals surface area contributed by atoms with Crippen molar-refractivity contribution in [2.45, 2.75) is 13.8 Å². The van der Waals surface area contributed by atoms with Gasteiger partial charge in [0.15, 0.2) is 11.6 Å². The molecule has 0 unspecified atom stereocenters. The third-order valence-electron chi connectivity index (χ3n) is 2.80. The number of pyridine rings is 1. The van der Waals surface area contributed by atoms with Crippen LogP contribution in [0.1, 0.15) is 11.4 Å². The van der Waals surface area contributed by atoms with E-state index in [2.05, 4.69) is 20.4 Å². The molecule has 0 saturated heterocycles. The third-order valence-corrected chi connectivity index (χ3v) is 3.61. The zero-order valence-corrected chi connectivity index (χ0v) is 11.5. The molecule has 0 fully saturated rings. The molecular formula is C13H13N5S. The van der Waals surface area contributed by atoms with Gasteiger partial charge in [-0.3, -0.25) is 4.98 Å². The maximum Gasteiger partial charge on any atom is 0.163 e. The molecule has 0 spiro atoms. The SMILES string of the molecule is Cc1cc(-c2nc(NN)c3ccsc3n2)cc(C)n1. The first kappa shape index (κ1) is 12.0. The lowest BCUT2D eigenvalue weighted by atomic mass is 10.2. The smallest absolute Gasteiger partial charge is 0.163 e. The fourth-order valence-electron chi connectivity index (χ4n) is 2.06. The molecule has 0 aromatic carbocycles. The molecule has 3 rings (SSSR count). The summed E-state index contributed by atoms with van der Waals surface area (Å²) in [6.07, 6.45) is 0. The Kier molecular flexibility index (Phi) is 2.88. The van der Waals surface area contributed by atoms with E-state index in [-0.39, 0.29) is 0 Å². The van der Waals surface area contributed by atoms with Crippen molar-refractivity contribution in [3.63, 3.8) is 0 Å². The van der Waals surface area contributed by atoms with Crippen LogP contribution in [0.15, 0.2) is 23.6 Å². The van der Waals surface area contributed by atoms with Gasteiger partial charge in [0.05, 0.1) is 5.39 Å². The summed E-state index contributed by atoms with van der Waals surface area (Å²) >= 11 is 1.57. The predicted molar refractivity (Wildman–Crippen MR) is 77.9 cm³/mol. The number of nitrogens with zero attached hydrogens (tertiary/aromatic N) is 3. The highest BCUT2D eigenvalue weighted by molar-refractivity contribution is 7.16. The summed E-state index contributed by atoms with van der Waals surface area (Å²) in [6.45, 7) is 3.92. The lowest BCUT2D eigenvalue weighted by Crippen LogP contribution is -2.09. The van der Waals surface area contributed by atoms with Crippen LogP contribution in [0.2, 0.25) is 0 Å². The summed E-state index contributed by atoms with van der Waals surface area (Å²) in [5.41, 5.74) is 5.49. The van der Waals surface area contributed by atoms with Crippen LogP contribution in [-0.2, 0) is 0 Å². The van der Waals surface area contributed by atoms with E-state index < -0.39 is 0 Å². The summed E-state index contributed by atoms with van der Waals surface area (Å²) < 4.78 is 0. The van der Waals surface area contributed by atoms with Gasteiger partial charge in [-0.1, -0.05) is 0 Å². The van der Waals surface area contributed by atoms with Gasteiger partial charge in [0.25, 0.3) is 0 Å². The Bertz CT molecular complexity index is 730. The fraction of sp³-hybridized carbons (Fsp3) is 0.154. The van der Waals surface area contributed by atoms with Crippen LogP contribution < -0.4 is 11.3 Å². The van der Waals surface area contributed by atoms with Crippen molar-refractivity contribution >= 4 is 27.4 Å². The minimum absolute atomic E-state index is 0.647. The van der Waals surface area contributed by atoms with Gasteiger partial charge in [0.1, 0.15) is 4.83 Å². The Morgan fingerprint density at radius 3 is 2.53 bits per heavy atom. The number of rotatable bonds is 2. The van der Waals surface area contributed by atoms with E-state index in [0.29, 0.717) is 11.6 Å². The lowest BCUT2D eigenvalue weighted by Gasteiger charge is -2.06. The van der Waals surface area contributed by atoms with Crippen LogP contribution in [-0.4, -0.2) is 15.0 Å². The number of thiophene rings is 1. The minimum atomic E-state index is 0.647. The first-order valence-electron chi connectivity index (χ1n) is 5.85. The number of nitrogen functional groups attached to an aromatic ring is 1. The monoisotopic (exact) mass is 271 g/mol. The first-order chi connectivity index (χ1) is 9.17. The van der Waals surface area contributed by atoms with Gasteiger partial charge >= 0.3 is 0 Å². The molecule has 3 aromatic heterocycles. The molecule has 6 heteroatoms. The maximum absolute atomic E-state index is 5.53.